The zero-order chi connectivity index (χ0) is 40.6. The molecule has 290 valence electrons. The molecule has 54 heavy (non-hydrogen) atoms. The van der Waals surface area contributed by atoms with Gasteiger partial charge in [-0.3, -0.25) is 4.79 Å². The standard InChI is InChI=1S/C19H24.C12H12.C11H16.C6H10O6/c1-13-7-9-17(11-15(13)3)19(5,6)18-10-8-14(2)16(4)12-18;1-9-3-5-11-6-4-10(2)8-12(11)7-9;1-9-5-7-10(8-6-9)11(2,3)4;1-5(7)10-4-12-6(8)11-3-9-2/h7-12H,1-6H3;3-8H,1-2H3;5-8H,1-4H3;3-4H2,1-2H3. The second-order valence-electron chi connectivity index (χ2n) is 15.4. The van der Waals surface area contributed by atoms with E-state index in [2.05, 4.69) is 199 Å². The molecule has 0 atom stereocenters. The number of esters is 1. The van der Waals surface area contributed by atoms with Crippen LogP contribution in [0.4, 0.5) is 4.79 Å². The van der Waals surface area contributed by atoms with Crippen LogP contribution in [0.25, 0.3) is 10.8 Å². The van der Waals surface area contributed by atoms with E-state index in [0.717, 1.165) is 0 Å². The lowest BCUT2D eigenvalue weighted by Gasteiger charge is -2.27. The van der Waals surface area contributed by atoms with Crippen LogP contribution in [0.5, 0.6) is 0 Å². The lowest BCUT2D eigenvalue weighted by atomic mass is 9.76. The topological polar surface area (TPSA) is 71.1 Å². The van der Waals surface area contributed by atoms with Gasteiger partial charge in [-0.1, -0.05) is 148 Å². The summed E-state index contributed by atoms with van der Waals surface area (Å²) in [6.45, 7) is 27.0. The third kappa shape index (κ3) is 15.2. The van der Waals surface area contributed by atoms with E-state index in [4.69, 9.17) is 0 Å². The van der Waals surface area contributed by atoms with Crippen LogP contribution in [0.15, 0.2) is 97.1 Å². The minimum atomic E-state index is -0.946. The number of fused-ring (bicyclic) bond motifs is 1. The Morgan fingerprint density at radius 3 is 1.31 bits per heavy atom. The Kier molecular flexibility index (Phi) is 17.7. The van der Waals surface area contributed by atoms with Crippen molar-refractivity contribution < 1.29 is 28.5 Å². The number of rotatable bonds is 6. The van der Waals surface area contributed by atoms with Crippen LogP contribution < -0.4 is 0 Å². The van der Waals surface area contributed by atoms with E-state index < -0.39 is 18.9 Å². The van der Waals surface area contributed by atoms with Gasteiger partial charge < -0.3 is 18.9 Å². The minimum absolute atomic E-state index is 0.0525. The normalized spacial score (nSPS) is 10.8. The Labute approximate surface area is 324 Å². The first-order chi connectivity index (χ1) is 25.2. The van der Waals surface area contributed by atoms with E-state index in [1.807, 2.05) is 0 Å². The molecule has 0 unspecified atom stereocenters. The van der Waals surface area contributed by atoms with Crippen molar-refractivity contribution in [2.45, 2.75) is 101 Å². The molecule has 0 saturated carbocycles. The SMILES string of the molecule is COCOC(=O)OCOC(C)=O.Cc1ccc(C(C)(C)C)cc1.Cc1ccc(C(C)(C)c2ccc(C)c(C)c2)cc1C.Cc1ccc2ccc(C)cc2c1. The molecule has 0 amide bonds. The Morgan fingerprint density at radius 2 is 0.907 bits per heavy atom. The second kappa shape index (κ2) is 21.1. The first kappa shape index (κ1) is 45.2. The maximum Gasteiger partial charge on any atom is 0.513 e. The van der Waals surface area contributed by atoms with Crippen molar-refractivity contribution in [3.63, 3.8) is 0 Å². The molecular weight excluding hydrogens is 673 g/mol. The van der Waals surface area contributed by atoms with Gasteiger partial charge in [0.2, 0.25) is 6.79 Å². The van der Waals surface area contributed by atoms with Crippen molar-refractivity contribution in [2.75, 3.05) is 20.7 Å². The van der Waals surface area contributed by atoms with Gasteiger partial charge in [0.15, 0.2) is 6.79 Å². The Hall–Kier alpha value is -4.94. The molecule has 5 aromatic rings. The van der Waals surface area contributed by atoms with Gasteiger partial charge in [-0.25, -0.2) is 4.79 Å². The fourth-order valence-corrected chi connectivity index (χ4v) is 5.28. The molecule has 6 nitrogen and oxygen atoms in total. The van der Waals surface area contributed by atoms with Crippen LogP contribution in [-0.2, 0) is 34.6 Å². The van der Waals surface area contributed by atoms with Gasteiger partial charge in [0.05, 0.1) is 0 Å². The Balaban J connectivity index is 0.000000256. The summed E-state index contributed by atoms with van der Waals surface area (Å²) in [6, 6.07) is 35.5. The molecule has 5 aromatic carbocycles. The highest BCUT2D eigenvalue weighted by Gasteiger charge is 2.23. The van der Waals surface area contributed by atoms with Gasteiger partial charge in [-0.15, -0.1) is 0 Å². The van der Waals surface area contributed by atoms with E-state index in [9.17, 15) is 9.59 Å². The smallest absolute Gasteiger partial charge is 0.428 e. The van der Waals surface area contributed by atoms with Gasteiger partial charge in [-0.05, 0) is 104 Å². The molecule has 0 bridgehead atoms. The van der Waals surface area contributed by atoms with E-state index in [1.54, 1.807) is 0 Å². The number of hydrogen-bond acceptors (Lipinski definition) is 6. The number of carbonyl (C=O) groups is 2. The van der Waals surface area contributed by atoms with E-state index >= 15 is 0 Å². The first-order valence-electron chi connectivity index (χ1n) is 18.4. The van der Waals surface area contributed by atoms with Gasteiger partial charge >= 0.3 is 12.1 Å². The molecule has 0 aliphatic rings. The number of methoxy groups -OCH3 is 1. The van der Waals surface area contributed by atoms with Crippen LogP contribution in [0.3, 0.4) is 0 Å². The molecule has 0 aliphatic heterocycles. The van der Waals surface area contributed by atoms with Gasteiger partial charge in [0, 0.05) is 19.4 Å². The summed E-state index contributed by atoms with van der Waals surface area (Å²) in [4.78, 5) is 20.6. The largest absolute Gasteiger partial charge is 0.513 e. The van der Waals surface area contributed by atoms with Crippen molar-refractivity contribution in [3.8, 4) is 0 Å². The summed E-state index contributed by atoms with van der Waals surface area (Å²) in [5.74, 6) is -0.533. The number of hydrogen-bond donors (Lipinski definition) is 0. The molecule has 0 spiro atoms. The van der Waals surface area contributed by atoms with Crippen molar-refractivity contribution in [1.82, 2.24) is 0 Å². The molecule has 0 saturated heterocycles. The number of carbonyl (C=O) groups excluding carboxylic acids is 2. The lowest BCUT2D eigenvalue weighted by Crippen LogP contribution is -2.19. The van der Waals surface area contributed by atoms with Crippen molar-refractivity contribution in [2.24, 2.45) is 0 Å². The monoisotopic (exact) mass is 734 g/mol. The molecule has 6 heteroatoms. The minimum Gasteiger partial charge on any atom is -0.428 e. The average Bonchev–Trinajstić information content (AvgIpc) is 3.10. The Morgan fingerprint density at radius 1 is 0.481 bits per heavy atom. The van der Waals surface area contributed by atoms with Gasteiger partial charge in [0.25, 0.3) is 0 Å². The summed E-state index contributed by atoms with van der Waals surface area (Å²) >= 11 is 0. The molecule has 0 aliphatic carbocycles. The molecule has 0 radical (unpaired) electrons. The molecule has 5 rings (SSSR count). The van der Waals surface area contributed by atoms with Gasteiger partial charge in [-0.2, -0.15) is 0 Å². The maximum absolute atomic E-state index is 10.5. The second-order valence-corrected chi connectivity index (χ2v) is 15.4. The summed E-state index contributed by atoms with van der Waals surface area (Å²) in [5.41, 5.74) is 14.0. The zero-order valence-corrected chi connectivity index (χ0v) is 35.1. The van der Waals surface area contributed by atoms with Crippen LogP contribution >= 0.6 is 0 Å². The van der Waals surface area contributed by atoms with Crippen molar-refractivity contribution in [3.05, 3.63) is 153 Å². The lowest BCUT2D eigenvalue weighted by molar-refractivity contribution is -0.151. The first-order valence-corrected chi connectivity index (χ1v) is 18.4. The van der Waals surface area contributed by atoms with E-state index in [0.29, 0.717) is 0 Å². The third-order valence-electron chi connectivity index (χ3n) is 9.26. The van der Waals surface area contributed by atoms with Crippen LogP contribution in [-0.4, -0.2) is 32.8 Å². The highest BCUT2D eigenvalue weighted by atomic mass is 16.8. The molecule has 0 heterocycles. The summed E-state index contributed by atoms with van der Waals surface area (Å²) in [5, 5.41) is 2.67. The predicted octanol–water partition coefficient (Wildman–Crippen LogP) is 12.3. The van der Waals surface area contributed by atoms with Crippen LogP contribution in [0.1, 0.15) is 97.2 Å². The van der Waals surface area contributed by atoms with E-state index in [1.165, 1.54) is 80.4 Å². The maximum atomic E-state index is 10.5. The fraction of sp³-hybridized carbons (Fsp3) is 0.375. The highest BCUT2D eigenvalue weighted by Crippen LogP contribution is 2.33. The molecule has 0 aromatic heterocycles. The number of ether oxygens (including phenoxy) is 4. The molecular formula is C48H62O6. The van der Waals surface area contributed by atoms with Crippen LogP contribution in [0.2, 0.25) is 0 Å². The fourth-order valence-electron chi connectivity index (χ4n) is 5.28. The summed E-state index contributed by atoms with van der Waals surface area (Å²) in [6.07, 6.45) is -0.946. The number of aryl methyl sites for hydroxylation is 7. The molecule has 0 fully saturated rings. The highest BCUT2D eigenvalue weighted by molar-refractivity contribution is 5.83. The number of benzene rings is 5. The van der Waals surface area contributed by atoms with Crippen LogP contribution in [0, 0.1) is 48.5 Å². The Bertz CT molecular complexity index is 1860. The zero-order valence-electron chi connectivity index (χ0n) is 35.1. The van der Waals surface area contributed by atoms with E-state index in [-0.39, 0.29) is 17.6 Å². The van der Waals surface area contributed by atoms with Crippen molar-refractivity contribution in [1.29, 1.82) is 0 Å². The quantitative estimate of drug-likeness (QED) is 0.128. The molecule has 0 N–H and O–H groups in total. The summed E-state index contributed by atoms with van der Waals surface area (Å²) < 4.78 is 17.3. The average molecular weight is 735 g/mol. The third-order valence-corrected chi connectivity index (χ3v) is 9.26. The van der Waals surface area contributed by atoms with Crippen molar-refractivity contribution >= 4 is 22.9 Å². The predicted molar refractivity (Wildman–Crippen MR) is 223 cm³/mol. The van der Waals surface area contributed by atoms with Gasteiger partial charge in [0.1, 0.15) is 0 Å². The summed E-state index contributed by atoms with van der Waals surface area (Å²) in [7, 11) is 1.36.